The molecule has 1 aliphatic rings. The van der Waals surface area contributed by atoms with Gasteiger partial charge in [0.05, 0.1) is 18.0 Å². The van der Waals surface area contributed by atoms with Crippen LogP contribution in [0.25, 0.3) is 11.2 Å². The van der Waals surface area contributed by atoms with Gasteiger partial charge in [0, 0.05) is 21.3 Å². The summed E-state index contributed by atoms with van der Waals surface area (Å²) >= 11 is 3.48. The minimum atomic E-state index is -1.11. The smallest absolute Gasteiger partial charge is 0.161 e. The van der Waals surface area contributed by atoms with Crippen LogP contribution in [-0.2, 0) is 27.5 Å². The van der Waals surface area contributed by atoms with Gasteiger partial charge >= 0.3 is 0 Å². The highest BCUT2D eigenvalue weighted by molar-refractivity contribution is 9.10. The quantitative estimate of drug-likeness (QED) is 0.420. The van der Waals surface area contributed by atoms with Crippen molar-refractivity contribution in [3.8, 4) is 0 Å². The lowest BCUT2D eigenvalue weighted by atomic mass is 10.2. The van der Waals surface area contributed by atoms with E-state index >= 15 is 0 Å². The summed E-state index contributed by atoms with van der Waals surface area (Å²) in [5.41, 5.74) is 3.58. The topological polar surface area (TPSA) is 58.4 Å². The monoisotopic (exact) mass is 455 g/mol. The van der Waals surface area contributed by atoms with Gasteiger partial charge in [-0.2, -0.15) is 0 Å². The largest absolute Gasteiger partial charge is 0.361 e. The molecule has 3 rings (SSSR count). The molecule has 0 N–H and O–H groups in total. The van der Waals surface area contributed by atoms with Crippen LogP contribution in [0.5, 0.6) is 0 Å². The minimum Gasteiger partial charge on any atom is -0.361 e. The highest BCUT2D eigenvalue weighted by atomic mass is 79.9. The van der Waals surface area contributed by atoms with Crippen LogP contribution in [0.4, 0.5) is 0 Å². The van der Waals surface area contributed by atoms with Crippen LogP contribution in [0.1, 0.15) is 30.7 Å². The molecule has 1 aliphatic heterocycles. The predicted octanol–water partition coefficient (Wildman–Crippen LogP) is 4.86. The Morgan fingerprint density at radius 2 is 2.11 bits per heavy atom. The molecular weight excluding hydrogens is 426 g/mol. The molecule has 1 saturated heterocycles. The van der Waals surface area contributed by atoms with E-state index in [9.17, 15) is 0 Å². The molecule has 0 aromatic carbocycles. The number of hydrogen-bond donors (Lipinski definition) is 0. The summed E-state index contributed by atoms with van der Waals surface area (Å²) in [6.07, 6.45) is 3.11. The van der Waals surface area contributed by atoms with Crippen molar-refractivity contribution in [3.63, 3.8) is 0 Å². The maximum absolute atomic E-state index is 6.00. The van der Waals surface area contributed by atoms with Crippen molar-refractivity contribution in [2.75, 3.05) is 13.2 Å². The maximum Gasteiger partial charge on any atom is 0.161 e. The average molecular weight is 456 g/mol. The van der Waals surface area contributed by atoms with Gasteiger partial charge in [0.25, 0.3) is 0 Å². The number of nitrogens with zero attached hydrogens (tertiary/aromatic N) is 3. The van der Waals surface area contributed by atoms with Gasteiger partial charge in [-0.1, -0.05) is 19.6 Å². The Bertz CT molecular complexity index is 770. The van der Waals surface area contributed by atoms with Crippen LogP contribution in [0.3, 0.4) is 0 Å². The van der Waals surface area contributed by atoms with Crippen LogP contribution in [0.2, 0.25) is 25.7 Å². The average Bonchev–Trinajstić information content (AvgIpc) is 2.94. The summed E-state index contributed by atoms with van der Waals surface area (Å²) in [4.78, 5) is 9.33. The minimum absolute atomic E-state index is 0.118. The van der Waals surface area contributed by atoms with E-state index in [-0.39, 0.29) is 6.29 Å². The zero-order chi connectivity index (χ0) is 19.4. The normalized spacial score (nSPS) is 18.3. The number of fused-ring (bicyclic) bond motifs is 1. The van der Waals surface area contributed by atoms with E-state index in [1.165, 1.54) is 0 Å². The molecule has 1 atom stereocenters. The molecule has 0 saturated carbocycles. The first-order valence-electron chi connectivity index (χ1n) is 9.67. The lowest BCUT2D eigenvalue weighted by Crippen LogP contribution is -2.23. The molecule has 27 heavy (non-hydrogen) atoms. The van der Waals surface area contributed by atoms with Gasteiger partial charge in [0.15, 0.2) is 11.9 Å². The molecule has 3 heterocycles. The summed E-state index contributed by atoms with van der Waals surface area (Å²) in [7, 11) is -1.11. The number of ether oxygens (including phenoxy) is 3. The Balaban J connectivity index is 1.75. The molecule has 2 aromatic rings. The lowest BCUT2D eigenvalue weighted by molar-refractivity contribution is -0.170. The Labute approximate surface area is 170 Å². The molecule has 0 bridgehead atoms. The number of halogens is 1. The zero-order valence-electron chi connectivity index (χ0n) is 16.8. The van der Waals surface area contributed by atoms with E-state index in [1.807, 2.05) is 13.0 Å². The van der Waals surface area contributed by atoms with Crippen LogP contribution < -0.4 is 0 Å². The summed E-state index contributed by atoms with van der Waals surface area (Å²) in [6.45, 7) is 11.5. The Morgan fingerprint density at radius 3 is 2.81 bits per heavy atom. The van der Waals surface area contributed by atoms with Crippen molar-refractivity contribution < 1.29 is 14.2 Å². The van der Waals surface area contributed by atoms with Gasteiger partial charge in [0.1, 0.15) is 16.9 Å². The Kier molecular flexibility index (Phi) is 7.07. The van der Waals surface area contributed by atoms with Gasteiger partial charge in [0.2, 0.25) is 0 Å². The van der Waals surface area contributed by atoms with Crippen molar-refractivity contribution >= 4 is 35.2 Å². The Hall–Kier alpha value is -0.803. The maximum atomic E-state index is 6.00. The van der Waals surface area contributed by atoms with Crippen molar-refractivity contribution in [1.82, 2.24) is 14.5 Å². The van der Waals surface area contributed by atoms with Crippen LogP contribution in [-0.4, -0.2) is 42.1 Å². The van der Waals surface area contributed by atoms with E-state index in [0.717, 1.165) is 65.7 Å². The summed E-state index contributed by atoms with van der Waals surface area (Å²) in [5, 5.41) is 0. The standard InChI is InChI=1S/C19H30BrN3O3Si/c1-14-18(20)22-16-11-15(12-26-17-7-5-6-8-25-17)23(19(16)21-14)13-24-9-10-27(2,3)4/h11,17H,5-10,12-13H2,1-4H3. The molecule has 0 amide bonds. The molecule has 1 unspecified atom stereocenters. The van der Waals surface area contributed by atoms with Crippen molar-refractivity contribution in [2.45, 2.75) is 71.5 Å². The summed E-state index contributed by atoms with van der Waals surface area (Å²) < 4.78 is 20.5. The number of aromatic nitrogens is 3. The molecule has 8 heteroatoms. The van der Waals surface area contributed by atoms with Crippen LogP contribution in [0, 0.1) is 6.92 Å². The summed E-state index contributed by atoms with van der Waals surface area (Å²) in [5.74, 6) is 0. The van der Waals surface area contributed by atoms with Crippen LogP contribution >= 0.6 is 15.9 Å². The van der Waals surface area contributed by atoms with E-state index in [1.54, 1.807) is 0 Å². The van der Waals surface area contributed by atoms with Gasteiger partial charge in [-0.25, -0.2) is 9.97 Å². The van der Waals surface area contributed by atoms with E-state index in [4.69, 9.17) is 19.2 Å². The molecule has 0 spiro atoms. The fourth-order valence-corrected chi connectivity index (χ4v) is 4.02. The first-order valence-corrected chi connectivity index (χ1v) is 14.2. The summed E-state index contributed by atoms with van der Waals surface area (Å²) in [6, 6.07) is 3.18. The highest BCUT2D eigenvalue weighted by Crippen LogP contribution is 2.23. The third-order valence-electron chi connectivity index (χ3n) is 4.70. The second-order valence-electron chi connectivity index (χ2n) is 8.33. The van der Waals surface area contributed by atoms with Gasteiger partial charge in [-0.15, -0.1) is 0 Å². The van der Waals surface area contributed by atoms with Crippen molar-refractivity contribution in [3.05, 3.63) is 22.1 Å². The molecule has 150 valence electrons. The first kappa shape index (κ1) is 20.9. The zero-order valence-corrected chi connectivity index (χ0v) is 19.3. The highest BCUT2D eigenvalue weighted by Gasteiger charge is 2.18. The molecule has 1 fully saturated rings. The Morgan fingerprint density at radius 1 is 1.30 bits per heavy atom. The predicted molar refractivity (Wildman–Crippen MR) is 112 cm³/mol. The van der Waals surface area contributed by atoms with E-state index in [2.05, 4.69) is 45.1 Å². The first-order chi connectivity index (χ1) is 12.8. The van der Waals surface area contributed by atoms with E-state index in [0.29, 0.717) is 13.3 Å². The third kappa shape index (κ3) is 5.84. The molecule has 6 nitrogen and oxygen atoms in total. The van der Waals surface area contributed by atoms with Crippen molar-refractivity contribution in [2.24, 2.45) is 0 Å². The second kappa shape index (κ2) is 9.13. The number of hydrogen-bond acceptors (Lipinski definition) is 5. The third-order valence-corrected chi connectivity index (χ3v) is 7.15. The fraction of sp³-hybridized carbons (Fsp3) is 0.684. The fourth-order valence-electron chi connectivity index (χ4n) is 2.98. The van der Waals surface area contributed by atoms with E-state index < -0.39 is 8.07 Å². The number of rotatable bonds is 8. The second-order valence-corrected chi connectivity index (χ2v) is 14.7. The number of aryl methyl sites for hydroxylation is 1. The van der Waals surface area contributed by atoms with Gasteiger partial charge in [-0.05, 0) is 54.2 Å². The molecule has 0 radical (unpaired) electrons. The van der Waals surface area contributed by atoms with Gasteiger partial charge in [-0.3, -0.25) is 0 Å². The molecule has 0 aliphatic carbocycles. The SMILES string of the molecule is Cc1nc2c(cc(COC3CCCCO3)n2COCC[Si](C)(C)C)nc1Br. The lowest BCUT2D eigenvalue weighted by Gasteiger charge is -2.23. The van der Waals surface area contributed by atoms with Crippen LogP contribution in [0.15, 0.2) is 10.7 Å². The van der Waals surface area contributed by atoms with Crippen molar-refractivity contribution in [1.29, 1.82) is 0 Å². The molecule has 2 aromatic heterocycles. The molecular formula is C19H30BrN3O3Si. The van der Waals surface area contributed by atoms with Gasteiger partial charge < -0.3 is 18.8 Å².